The lowest BCUT2D eigenvalue weighted by atomic mass is 9.84. The molecule has 1 saturated carbocycles. The van der Waals surface area contributed by atoms with Crippen molar-refractivity contribution in [2.75, 3.05) is 18.1 Å². The van der Waals surface area contributed by atoms with Crippen LogP contribution in [0.15, 0.2) is 0 Å². The highest BCUT2D eigenvalue weighted by Gasteiger charge is 2.50. The Labute approximate surface area is 305 Å². The normalized spacial score (nSPS) is 38.0. The SMILES string of the molecule is CCCCCCCCCCCCCCCCCCSC[C@H]1O[C@H](O[C@@H]2[C@@H](O)[C@H](O[C@H]3O[C@H](CN)[C@@H](O)C[C@H]3N)[C@@H](N)C[C@H]2N)[C@H](O)[C@@H](N)[C@@H]1O. The van der Waals surface area contributed by atoms with Crippen LogP contribution in [-0.2, 0) is 18.9 Å². The van der Waals surface area contributed by atoms with Crippen LogP contribution in [0.5, 0.6) is 0 Å². The molecule has 0 aromatic heterocycles. The molecule has 0 aromatic rings. The minimum absolute atomic E-state index is 0.0750. The molecule has 0 radical (unpaired) electrons. The largest absolute Gasteiger partial charge is 0.390 e. The summed E-state index contributed by atoms with van der Waals surface area (Å²) in [6.45, 7) is 2.34. The molecule has 14 atom stereocenters. The van der Waals surface area contributed by atoms with Crippen molar-refractivity contribution in [3.63, 3.8) is 0 Å². The molecule has 14 N–H and O–H groups in total. The van der Waals surface area contributed by atoms with Gasteiger partial charge < -0.3 is 68.0 Å². The van der Waals surface area contributed by atoms with Crippen molar-refractivity contribution in [1.82, 2.24) is 0 Å². The van der Waals surface area contributed by atoms with Gasteiger partial charge in [0.1, 0.15) is 24.4 Å². The van der Waals surface area contributed by atoms with E-state index in [0.29, 0.717) is 5.75 Å². The van der Waals surface area contributed by atoms with Crippen LogP contribution in [-0.4, -0.2) is 124 Å². The first-order valence-electron chi connectivity index (χ1n) is 19.7. The van der Waals surface area contributed by atoms with Gasteiger partial charge in [-0.05, 0) is 25.0 Å². The predicted octanol–water partition coefficient (Wildman–Crippen LogP) is 1.71. The van der Waals surface area contributed by atoms with Crippen LogP contribution in [0.25, 0.3) is 0 Å². The van der Waals surface area contributed by atoms with Crippen molar-refractivity contribution >= 4 is 11.8 Å². The second-order valence-corrected chi connectivity index (χ2v) is 16.1. The minimum atomic E-state index is -1.34. The van der Waals surface area contributed by atoms with Crippen molar-refractivity contribution in [3.8, 4) is 0 Å². The number of thioether (sulfide) groups is 1. The lowest BCUT2D eigenvalue weighted by Crippen LogP contribution is -2.68. The minimum Gasteiger partial charge on any atom is -0.390 e. The van der Waals surface area contributed by atoms with Crippen LogP contribution in [0.4, 0.5) is 0 Å². The average molecular weight is 736 g/mol. The molecule has 0 bridgehead atoms. The number of ether oxygens (including phenoxy) is 4. The Bertz CT molecular complexity index is 888. The first-order valence-corrected chi connectivity index (χ1v) is 20.9. The molecule has 13 nitrogen and oxygen atoms in total. The molecule has 50 heavy (non-hydrogen) atoms. The van der Waals surface area contributed by atoms with E-state index in [1.165, 1.54) is 96.3 Å². The van der Waals surface area contributed by atoms with Crippen LogP contribution in [0.1, 0.15) is 122 Å². The van der Waals surface area contributed by atoms with E-state index in [0.717, 1.165) is 12.2 Å². The molecule has 1 aliphatic carbocycles. The van der Waals surface area contributed by atoms with Gasteiger partial charge in [-0.3, -0.25) is 0 Å². The Morgan fingerprint density at radius 2 is 1.06 bits per heavy atom. The summed E-state index contributed by atoms with van der Waals surface area (Å²) in [5.74, 6) is 1.42. The maximum absolute atomic E-state index is 11.3. The third-order valence-corrected chi connectivity index (χ3v) is 11.8. The van der Waals surface area contributed by atoms with Crippen LogP contribution in [0.3, 0.4) is 0 Å². The number of rotatable bonds is 24. The van der Waals surface area contributed by atoms with E-state index in [2.05, 4.69) is 6.92 Å². The van der Waals surface area contributed by atoms with Crippen molar-refractivity contribution < 1.29 is 39.4 Å². The molecular weight excluding hydrogens is 662 g/mol. The van der Waals surface area contributed by atoms with Gasteiger partial charge in [0.15, 0.2) is 12.6 Å². The highest BCUT2D eigenvalue weighted by Crippen LogP contribution is 2.31. The Morgan fingerprint density at radius 1 is 0.580 bits per heavy atom. The van der Waals surface area contributed by atoms with Gasteiger partial charge in [0, 0.05) is 24.4 Å². The smallest absolute Gasteiger partial charge is 0.186 e. The molecule has 3 aliphatic rings. The summed E-state index contributed by atoms with van der Waals surface area (Å²) in [6.07, 6.45) is 11.7. The summed E-state index contributed by atoms with van der Waals surface area (Å²) in [7, 11) is 0. The molecule has 3 fully saturated rings. The Kier molecular flexibility index (Phi) is 21.5. The van der Waals surface area contributed by atoms with Gasteiger partial charge in [-0.1, -0.05) is 103 Å². The fourth-order valence-corrected chi connectivity index (χ4v) is 8.45. The first-order chi connectivity index (χ1) is 24.1. The van der Waals surface area contributed by atoms with Crippen LogP contribution in [0.2, 0.25) is 0 Å². The zero-order valence-corrected chi connectivity index (χ0v) is 31.5. The van der Waals surface area contributed by atoms with E-state index in [9.17, 15) is 20.4 Å². The van der Waals surface area contributed by atoms with Gasteiger partial charge in [-0.2, -0.15) is 11.8 Å². The molecule has 0 amide bonds. The average Bonchev–Trinajstić information content (AvgIpc) is 3.09. The molecule has 296 valence electrons. The van der Waals surface area contributed by atoms with Crippen LogP contribution < -0.4 is 28.7 Å². The van der Waals surface area contributed by atoms with Gasteiger partial charge in [0.2, 0.25) is 0 Å². The number of aliphatic hydroxyl groups is 4. The number of nitrogens with two attached hydrogens (primary N) is 5. The van der Waals surface area contributed by atoms with Crippen LogP contribution >= 0.6 is 11.8 Å². The lowest BCUT2D eigenvalue weighted by Gasteiger charge is -2.48. The second-order valence-electron chi connectivity index (χ2n) is 15.0. The van der Waals surface area contributed by atoms with E-state index in [-0.39, 0.29) is 19.4 Å². The zero-order chi connectivity index (χ0) is 36.5. The molecule has 0 spiro atoms. The fourth-order valence-electron chi connectivity index (χ4n) is 7.37. The highest BCUT2D eigenvalue weighted by atomic mass is 32.2. The topological polar surface area (TPSA) is 248 Å². The van der Waals surface area contributed by atoms with Gasteiger partial charge >= 0.3 is 0 Å². The summed E-state index contributed by atoms with van der Waals surface area (Å²) in [5, 5.41) is 43.1. The predicted molar refractivity (Wildman–Crippen MR) is 198 cm³/mol. The lowest BCUT2D eigenvalue weighted by molar-refractivity contribution is -0.309. The molecule has 14 heteroatoms. The second kappa shape index (κ2) is 24.3. The van der Waals surface area contributed by atoms with Gasteiger partial charge in [-0.15, -0.1) is 0 Å². The molecule has 0 aromatic carbocycles. The summed E-state index contributed by atoms with van der Waals surface area (Å²) < 4.78 is 24.0. The fraction of sp³-hybridized carbons (Fsp3) is 1.00. The van der Waals surface area contributed by atoms with Crippen molar-refractivity contribution in [2.24, 2.45) is 28.7 Å². The van der Waals surface area contributed by atoms with E-state index in [1.807, 2.05) is 0 Å². The quantitative estimate of drug-likeness (QED) is 0.0641. The number of hydrogen-bond acceptors (Lipinski definition) is 14. The van der Waals surface area contributed by atoms with Gasteiger partial charge in [0.25, 0.3) is 0 Å². The number of hydrogen-bond donors (Lipinski definition) is 9. The van der Waals surface area contributed by atoms with Crippen molar-refractivity contribution in [2.45, 2.75) is 208 Å². The molecule has 2 aliphatic heterocycles. The van der Waals surface area contributed by atoms with E-state index >= 15 is 0 Å². The number of unbranched alkanes of at least 4 members (excludes halogenated alkanes) is 15. The van der Waals surface area contributed by atoms with E-state index < -0.39 is 85.6 Å². The van der Waals surface area contributed by atoms with Gasteiger partial charge in [-0.25, -0.2) is 0 Å². The summed E-state index contributed by atoms with van der Waals surface area (Å²) >= 11 is 1.68. The summed E-state index contributed by atoms with van der Waals surface area (Å²) in [6, 6.07) is -3.02. The standard InChI is InChI=1S/C36H73N5O8S/c1-2-3-4-5-6-7-8-9-10-11-12-13-14-15-16-17-18-50-22-28-30(43)29(41)31(44)36(47-28)49-34-24(39)19-23(38)33(32(34)45)48-35-25(40)20-26(42)27(21-37)46-35/h23-36,42-45H,2-22,37-41H2,1H3/t23-,24+,25+,26-,27+,28+,29-,30+,31+,32-,33+,34-,35+,36+/m0/s1. The monoisotopic (exact) mass is 736 g/mol. The molecule has 3 rings (SSSR count). The summed E-state index contributed by atoms with van der Waals surface area (Å²) in [4.78, 5) is 0. The summed E-state index contributed by atoms with van der Waals surface area (Å²) in [5.41, 5.74) is 30.8. The maximum Gasteiger partial charge on any atom is 0.186 e. The third kappa shape index (κ3) is 14.2. The first kappa shape index (κ1) is 44.2. The molecule has 0 unspecified atom stereocenters. The maximum atomic E-state index is 11.3. The van der Waals surface area contributed by atoms with Gasteiger partial charge in [0.05, 0.1) is 36.5 Å². The zero-order valence-electron chi connectivity index (χ0n) is 30.6. The highest BCUT2D eigenvalue weighted by molar-refractivity contribution is 7.99. The molecular formula is C36H73N5O8S. The van der Waals surface area contributed by atoms with Crippen molar-refractivity contribution in [3.05, 3.63) is 0 Å². The van der Waals surface area contributed by atoms with Crippen molar-refractivity contribution in [1.29, 1.82) is 0 Å². The Morgan fingerprint density at radius 3 is 1.58 bits per heavy atom. The number of aliphatic hydroxyl groups excluding tert-OH is 4. The molecule has 2 heterocycles. The van der Waals surface area contributed by atoms with Crippen LogP contribution in [0, 0.1) is 0 Å². The Hall–Kier alpha value is -0.170. The third-order valence-electron chi connectivity index (χ3n) is 10.7. The molecule has 2 saturated heterocycles. The van der Waals surface area contributed by atoms with E-state index in [1.54, 1.807) is 11.8 Å². The van der Waals surface area contributed by atoms with E-state index in [4.69, 9.17) is 47.6 Å². The Balaban J connectivity index is 1.33.